The number of carbonyl (C=O) groups excluding carboxylic acids is 1. The number of rotatable bonds is 4. The molecule has 1 aromatic heterocycles. The molecule has 4 nitrogen and oxygen atoms in total. The van der Waals surface area contributed by atoms with E-state index in [0.29, 0.717) is 5.13 Å². The summed E-state index contributed by atoms with van der Waals surface area (Å²) in [6.45, 7) is 1.80. The van der Waals surface area contributed by atoms with Gasteiger partial charge in [-0.05, 0) is 37.3 Å². The Bertz CT molecular complexity index is 825. The first-order valence-corrected chi connectivity index (χ1v) is 7.63. The first kappa shape index (κ1) is 14.3. The molecule has 3 aromatic rings. The Balaban J connectivity index is 1.82. The first-order chi connectivity index (χ1) is 10.7. The molecule has 0 spiro atoms. The van der Waals surface area contributed by atoms with E-state index in [1.807, 2.05) is 48.5 Å². The maximum Gasteiger partial charge on any atom is 0.249 e. The third-order valence-electron chi connectivity index (χ3n) is 2.89. The van der Waals surface area contributed by atoms with Crippen molar-refractivity contribution in [3.63, 3.8) is 0 Å². The van der Waals surface area contributed by atoms with Gasteiger partial charge >= 0.3 is 0 Å². The molecule has 3 rings (SSSR count). The molecule has 0 radical (unpaired) electrons. The molecular weight excluding hydrogens is 296 g/mol. The van der Waals surface area contributed by atoms with Gasteiger partial charge in [-0.3, -0.25) is 10.1 Å². The lowest BCUT2D eigenvalue weighted by atomic mass is 10.3. The van der Waals surface area contributed by atoms with E-state index in [0.717, 1.165) is 21.7 Å². The van der Waals surface area contributed by atoms with Crippen molar-refractivity contribution < 1.29 is 9.53 Å². The van der Waals surface area contributed by atoms with E-state index in [1.165, 1.54) is 17.4 Å². The fourth-order valence-corrected chi connectivity index (χ4v) is 2.84. The number of hydrogen-bond acceptors (Lipinski definition) is 4. The third kappa shape index (κ3) is 3.32. The van der Waals surface area contributed by atoms with E-state index >= 15 is 0 Å². The molecule has 22 heavy (non-hydrogen) atoms. The number of amides is 1. The zero-order chi connectivity index (χ0) is 15.4. The van der Waals surface area contributed by atoms with Gasteiger partial charge in [0, 0.05) is 6.07 Å². The molecule has 2 aromatic carbocycles. The van der Waals surface area contributed by atoms with Crippen molar-refractivity contribution in [1.29, 1.82) is 0 Å². The van der Waals surface area contributed by atoms with Crippen molar-refractivity contribution in [2.75, 3.05) is 5.32 Å². The van der Waals surface area contributed by atoms with E-state index in [2.05, 4.69) is 10.3 Å². The van der Waals surface area contributed by atoms with E-state index in [-0.39, 0.29) is 5.91 Å². The number of ether oxygens (including phenoxy) is 1. The van der Waals surface area contributed by atoms with Crippen LogP contribution in [0.5, 0.6) is 11.5 Å². The van der Waals surface area contributed by atoms with Gasteiger partial charge in [0.25, 0.3) is 0 Å². The summed E-state index contributed by atoms with van der Waals surface area (Å²) in [7, 11) is 0. The van der Waals surface area contributed by atoms with Crippen molar-refractivity contribution in [2.45, 2.75) is 6.92 Å². The molecule has 0 aliphatic rings. The Hall–Kier alpha value is -2.66. The molecule has 5 heteroatoms. The van der Waals surface area contributed by atoms with Gasteiger partial charge in [-0.15, -0.1) is 0 Å². The normalized spacial score (nSPS) is 11.0. The van der Waals surface area contributed by atoms with Crippen LogP contribution in [0.15, 0.2) is 60.7 Å². The van der Waals surface area contributed by atoms with Gasteiger partial charge in [-0.25, -0.2) is 4.98 Å². The van der Waals surface area contributed by atoms with Crippen molar-refractivity contribution in [1.82, 2.24) is 4.98 Å². The fourth-order valence-electron chi connectivity index (χ4n) is 1.94. The number of hydrogen-bond donors (Lipinski definition) is 1. The summed E-state index contributed by atoms with van der Waals surface area (Å²) in [4.78, 5) is 15.9. The van der Waals surface area contributed by atoms with Gasteiger partial charge in [0.05, 0.1) is 10.2 Å². The van der Waals surface area contributed by atoms with Crippen LogP contribution in [-0.4, -0.2) is 10.9 Å². The maximum absolute atomic E-state index is 11.5. The summed E-state index contributed by atoms with van der Waals surface area (Å²) in [5.41, 5.74) is 0.834. The SMILES string of the molecule is CC=CC(=O)Nc1nc2ccc(Oc3ccccc3)cc2s1. The Labute approximate surface area is 132 Å². The zero-order valence-corrected chi connectivity index (χ0v) is 12.8. The van der Waals surface area contributed by atoms with Crippen LogP contribution in [0.4, 0.5) is 5.13 Å². The lowest BCUT2D eigenvalue weighted by molar-refractivity contribution is -0.111. The van der Waals surface area contributed by atoms with Crippen LogP contribution >= 0.6 is 11.3 Å². The van der Waals surface area contributed by atoms with Gasteiger partial charge in [-0.2, -0.15) is 0 Å². The average Bonchev–Trinajstić information content (AvgIpc) is 2.90. The highest BCUT2D eigenvalue weighted by atomic mass is 32.1. The number of nitrogens with zero attached hydrogens (tertiary/aromatic N) is 1. The molecular formula is C17H14N2O2S. The number of anilines is 1. The highest BCUT2D eigenvalue weighted by Gasteiger charge is 2.07. The Kier molecular flexibility index (Phi) is 4.16. The molecule has 0 saturated heterocycles. The fraction of sp³-hybridized carbons (Fsp3) is 0.0588. The monoisotopic (exact) mass is 310 g/mol. The molecule has 1 amide bonds. The van der Waals surface area contributed by atoms with Gasteiger partial charge in [0.15, 0.2) is 5.13 Å². The second kappa shape index (κ2) is 6.41. The Morgan fingerprint density at radius 1 is 1.18 bits per heavy atom. The number of allylic oxidation sites excluding steroid dienone is 1. The molecule has 110 valence electrons. The van der Waals surface area contributed by atoms with E-state index in [1.54, 1.807) is 13.0 Å². The zero-order valence-electron chi connectivity index (χ0n) is 11.9. The summed E-state index contributed by atoms with van der Waals surface area (Å²) in [6.07, 6.45) is 3.16. The van der Waals surface area contributed by atoms with Crippen LogP contribution in [0.25, 0.3) is 10.2 Å². The van der Waals surface area contributed by atoms with Gasteiger partial charge in [0.2, 0.25) is 5.91 Å². The molecule has 1 N–H and O–H groups in total. The van der Waals surface area contributed by atoms with E-state index in [9.17, 15) is 4.79 Å². The maximum atomic E-state index is 11.5. The number of nitrogens with one attached hydrogen (secondary N) is 1. The summed E-state index contributed by atoms with van der Waals surface area (Å²) in [5, 5.41) is 3.32. The predicted octanol–water partition coefficient (Wildman–Crippen LogP) is 4.60. The van der Waals surface area contributed by atoms with Crippen LogP contribution in [-0.2, 0) is 4.79 Å². The van der Waals surface area contributed by atoms with Crippen LogP contribution < -0.4 is 10.1 Å². The minimum atomic E-state index is -0.178. The molecule has 0 aliphatic carbocycles. The molecule has 0 saturated carbocycles. The van der Waals surface area contributed by atoms with Crippen LogP contribution in [0.1, 0.15) is 6.92 Å². The van der Waals surface area contributed by atoms with Crippen molar-refractivity contribution in [3.05, 3.63) is 60.7 Å². The summed E-state index contributed by atoms with van der Waals surface area (Å²) in [6, 6.07) is 15.3. The Morgan fingerprint density at radius 2 is 2.00 bits per heavy atom. The molecule has 0 bridgehead atoms. The smallest absolute Gasteiger partial charge is 0.249 e. The summed E-state index contributed by atoms with van der Waals surface area (Å²) >= 11 is 1.42. The van der Waals surface area contributed by atoms with Crippen LogP contribution in [0.3, 0.4) is 0 Å². The number of fused-ring (bicyclic) bond motifs is 1. The number of thiazole rings is 1. The quantitative estimate of drug-likeness (QED) is 0.716. The van der Waals surface area contributed by atoms with Gasteiger partial charge < -0.3 is 4.74 Å². The standard InChI is InChI=1S/C17H14N2O2S/c1-2-6-16(20)19-17-18-14-10-9-13(11-15(14)22-17)21-12-7-4-3-5-8-12/h2-11H,1H3,(H,18,19,20). The average molecular weight is 310 g/mol. The first-order valence-electron chi connectivity index (χ1n) is 6.82. The highest BCUT2D eigenvalue weighted by molar-refractivity contribution is 7.22. The number of aromatic nitrogens is 1. The topological polar surface area (TPSA) is 51.2 Å². The second-order valence-corrected chi connectivity index (χ2v) is 5.58. The molecule has 0 fully saturated rings. The minimum absolute atomic E-state index is 0.178. The largest absolute Gasteiger partial charge is 0.457 e. The second-order valence-electron chi connectivity index (χ2n) is 4.55. The lowest BCUT2D eigenvalue weighted by Gasteiger charge is -2.04. The molecule has 0 unspecified atom stereocenters. The lowest BCUT2D eigenvalue weighted by Crippen LogP contribution is -2.06. The van der Waals surface area contributed by atoms with E-state index in [4.69, 9.17) is 4.74 Å². The highest BCUT2D eigenvalue weighted by Crippen LogP contribution is 2.31. The van der Waals surface area contributed by atoms with Crippen LogP contribution in [0.2, 0.25) is 0 Å². The molecule has 0 aliphatic heterocycles. The third-order valence-corrected chi connectivity index (χ3v) is 3.82. The van der Waals surface area contributed by atoms with Gasteiger partial charge in [-0.1, -0.05) is 35.6 Å². The van der Waals surface area contributed by atoms with Gasteiger partial charge in [0.1, 0.15) is 11.5 Å². The number of benzene rings is 2. The number of carbonyl (C=O) groups is 1. The molecule has 1 heterocycles. The minimum Gasteiger partial charge on any atom is -0.457 e. The van der Waals surface area contributed by atoms with Crippen LogP contribution in [0, 0.1) is 0 Å². The van der Waals surface area contributed by atoms with Crippen molar-refractivity contribution >= 4 is 32.6 Å². The Morgan fingerprint density at radius 3 is 2.77 bits per heavy atom. The van der Waals surface area contributed by atoms with Crippen molar-refractivity contribution in [2.24, 2.45) is 0 Å². The summed E-state index contributed by atoms with van der Waals surface area (Å²) in [5.74, 6) is 1.35. The number of para-hydroxylation sites is 1. The predicted molar refractivity (Wildman–Crippen MR) is 89.6 cm³/mol. The van der Waals surface area contributed by atoms with E-state index < -0.39 is 0 Å². The van der Waals surface area contributed by atoms with Crippen molar-refractivity contribution in [3.8, 4) is 11.5 Å². The molecule has 0 atom stereocenters. The summed E-state index contributed by atoms with van der Waals surface area (Å²) < 4.78 is 6.76.